The zero-order chi connectivity index (χ0) is 19.1. The summed E-state index contributed by atoms with van der Waals surface area (Å²) >= 11 is 0. The van der Waals surface area contributed by atoms with E-state index >= 15 is 0 Å². The molecule has 27 heavy (non-hydrogen) atoms. The summed E-state index contributed by atoms with van der Waals surface area (Å²) in [5, 5.41) is 10.0. The summed E-state index contributed by atoms with van der Waals surface area (Å²) in [6, 6.07) is 20.3. The topological polar surface area (TPSA) is 65.1 Å². The molecular formula is C21H26N6. The van der Waals surface area contributed by atoms with Crippen LogP contribution in [-0.4, -0.2) is 37.2 Å². The Balaban J connectivity index is 1.64. The van der Waals surface area contributed by atoms with Gasteiger partial charge in [0.1, 0.15) is 11.6 Å². The fraction of sp³-hybridized carbons (Fsp3) is 0.238. The third-order valence-corrected chi connectivity index (χ3v) is 4.01. The lowest BCUT2D eigenvalue weighted by Crippen LogP contribution is -2.17. The lowest BCUT2D eigenvalue weighted by Gasteiger charge is -2.16. The molecule has 0 aliphatic rings. The maximum atomic E-state index is 4.59. The van der Waals surface area contributed by atoms with Gasteiger partial charge in [0.15, 0.2) is 0 Å². The molecular weight excluding hydrogens is 336 g/mol. The molecule has 0 unspecified atom stereocenters. The molecule has 0 bridgehead atoms. The normalized spacial score (nSPS) is 10.3. The quantitative estimate of drug-likeness (QED) is 0.524. The molecule has 140 valence electrons. The first-order valence-corrected chi connectivity index (χ1v) is 9.03. The predicted molar refractivity (Wildman–Crippen MR) is 114 cm³/mol. The highest BCUT2D eigenvalue weighted by molar-refractivity contribution is 5.61. The zero-order valence-electron chi connectivity index (χ0n) is 16.0. The maximum Gasteiger partial charge on any atom is 0.226 e. The highest BCUT2D eigenvalue weighted by Crippen LogP contribution is 2.20. The number of rotatable bonds is 8. The molecule has 3 aromatic rings. The van der Waals surface area contributed by atoms with Crippen LogP contribution in [0, 0.1) is 6.92 Å². The molecule has 6 heteroatoms. The Kier molecular flexibility index (Phi) is 6.10. The van der Waals surface area contributed by atoms with E-state index in [4.69, 9.17) is 0 Å². The molecule has 0 fully saturated rings. The van der Waals surface area contributed by atoms with E-state index in [9.17, 15) is 0 Å². The van der Waals surface area contributed by atoms with E-state index in [1.54, 1.807) is 0 Å². The minimum atomic E-state index is 0.602. The van der Waals surface area contributed by atoms with Crippen LogP contribution in [0.15, 0.2) is 60.7 Å². The number of aromatic nitrogens is 2. The van der Waals surface area contributed by atoms with Crippen LogP contribution in [0.1, 0.15) is 5.56 Å². The summed E-state index contributed by atoms with van der Waals surface area (Å²) in [6.07, 6.45) is 0. The summed E-state index contributed by atoms with van der Waals surface area (Å²) in [7, 11) is 3.94. The van der Waals surface area contributed by atoms with Crippen LogP contribution < -0.4 is 20.9 Å². The monoisotopic (exact) mass is 362 g/mol. The second kappa shape index (κ2) is 8.89. The van der Waals surface area contributed by atoms with Crippen molar-refractivity contribution in [3.05, 3.63) is 66.2 Å². The molecule has 0 spiro atoms. The van der Waals surface area contributed by atoms with Gasteiger partial charge in [0.25, 0.3) is 0 Å². The molecule has 0 aliphatic carbocycles. The van der Waals surface area contributed by atoms with Crippen molar-refractivity contribution in [1.29, 1.82) is 0 Å². The maximum absolute atomic E-state index is 4.59. The van der Waals surface area contributed by atoms with Gasteiger partial charge in [0, 0.05) is 44.6 Å². The minimum absolute atomic E-state index is 0.602. The largest absolute Gasteiger partial charge is 0.383 e. The lowest BCUT2D eigenvalue weighted by atomic mass is 10.2. The van der Waals surface area contributed by atoms with E-state index in [0.29, 0.717) is 5.95 Å². The molecule has 0 atom stereocenters. The number of para-hydroxylation sites is 1. The van der Waals surface area contributed by atoms with Crippen LogP contribution in [0.2, 0.25) is 0 Å². The fourth-order valence-corrected chi connectivity index (χ4v) is 2.53. The Hall–Kier alpha value is -3.28. The van der Waals surface area contributed by atoms with Crippen molar-refractivity contribution in [2.24, 2.45) is 0 Å². The molecule has 0 aliphatic heterocycles. The van der Waals surface area contributed by atoms with Gasteiger partial charge in [-0.25, -0.2) is 0 Å². The second-order valence-electron chi connectivity index (χ2n) is 6.54. The van der Waals surface area contributed by atoms with Gasteiger partial charge >= 0.3 is 0 Å². The number of anilines is 5. The van der Waals surface area contributed by atoms with E-state index in [-0.39, 0.29) is 0 Å². The Morgan fingerprint density at radius 2 is 1.52 bits per heavy atom. The van der Waals surface area contributed by atoms with Crippen LogP contribution in [0.4, 0.5) is 29.0 Å². The first-order chi connectivity index (χ1) is 13.1. The second-order valence-corrected chi connectivity index (χ2v) is 6.54. The van der Waals surface area contributed by atoms with Gasteiger partial charge in [-0.3, -0.25) is 0 Å². The minimum Gasteiger partial charge on any atom is -0.383 e. The summed E-state index contributed by atoms with van der Waals surface area (Å²) in [5.41, 5.74) is 3.33. The molecule has 1 heterocycles. The average Bonchev–Trinajstić information content (AvgIpc) is 2.68. The van der Waals surface area contributed by atoms with Gasteiger partial charge in [-0.15, -0.1) is 0 Å². The lowest BCUT2D eigenvalue weighted by molar-refractivity contribution is 0.999. The number of nitrogens with one attached hydrogen (secondary N) is 3. The molecule has 1 aromatic heterocycles. The Morgan fingerprint density at radius 1 is 0.815 bits per heavy atom. The van der Waals surface area contributed by atoms with Crippen molar-refractivity contribution < 1.29 is 0 Å². The van der Waals surface area contributed by atoms with Gasteiger partial charge in [0.2, 0.25) is 5.95 Å². The van der Waals surface area contributed by atoms with E-state index in [0.717, 1.165) is 36.1 Å². The average molecular weight is 362 g/mol. The molecule has 0 amide bonds. The number of hydrogen-bond donors (Lipinski definition) is 3. The fourth-order valence-electron chi connectivity index (χ4n) is 2.53. The number of benzene rings is 2. The molecule has 0 saturated heterocycles. The van der Waals surface area contributed by atoms with E-state index in [2.05, 4.69) is 45.0 Å². The summed E-state index contributed by atoms with van der Waals surface area (Å²) in [5.74, 6) is 2.21. The van der Waals surface area contributed by atoms with Crippen LogP contribution in [-0.2, 0) is 0 Å². The predicted octanol–water partition coefficient (Wildman–Crippen LogP) is 4.12. The van der Waals surface area contributed by atoms with Crippen molar-refractivity contribution in [3.63, 3.8) is 0 Å². The van der Waals surface area contributed by atoms with Crippen LogP contribution in [0.3, 0.4) is 0 Å². The molecule has 0 saturated carbocycles. The van der Waals surface area contributed by atoms with Crippen molar-refractivity contribution in [3.8, 4) is 0 Å². The van der Waals surface area contributed by atoms with Gasteiger partial charge in [0.05, 0.1) is 0 Å². The Morgan fingerprint density at radius 3 is 2.22 bits per heavy atom. The molecule has 2 aromatic carbocycles. The van der Waals surface area contributed by atoms with E-state index in [1.165, 1.54) is 5.56 Å². The molecule has 3 N–H and O–H groups in total. The molecule has 6 nitrogen and oxygen atoms in total. The van der Waals surface area contributed by atoms with Crippen molar-refractivity contribution >= 4 is 29.0 Å². The van der Waals surface area contributed by atoms with Crippen molar-refractivity contribution in [2.75, 3.05) is 48.0 Å². The SMILES string of the molecule is Cc1ccc(Nc2cc(N(C)C)nc(NCCNc3ccccc3)n2)cc1. The third-order valence-electron chi connectivity index (χ3n) is 4.01. The molecule has 3 rings (SSSR count). The van der Waals surface area contributed by atoms with Crippen LogP contribution in [0.25, 0.3) is 0 Å². The van der Waals surface area contributed by atoms with Crippen LogP contribution >= 0.6 is 0 Å². The molecule has 0 radical (unpaired) electrons. The standard InChI is InChI=1S/C21H26N6/c1-16-9-11-18(12-10-16)24-19-15-20(27(2)3)26-21(25-19)23-14-13-22-17-7-5-4-6-8-17/h4-12,15,22H,13-14H2,1-3H3,(H2,23,24,25,26). The van der Waals surface area contributed by atoms with Gasteiger partial charge < -0.3 is 20.9 Å². The van der Waals surface area contributed by atoms with Crippen LogP contribution in [0.5, 0.6) is 0 Å². The highest BCUT2D eigenvalue weighted by atomic mass is 15.2. The van der Waals surface area contributed by atoms with Crippen molar-refractivity contribution in [2.45, 2.75) is 6.92 Å². The van der Waals surface area contributed by atoms with Gasteiger partial charge in [-0.2, -0.15) is 9.97 Å². The summed E-state index contributed by atoms with van der Waals surface area (Å²) in [4.78, 5) is 11.1. The Labute approximate surface area is 160 Å². The van der Waals surface area contributed by atoms with E-state index in [1.807, 2.05) is 67.5 Å². The summed E-state index contributed by atoms with van der Waals surface area (Å²) < 4.78 is 0. The smallest absolute Gasteiger partial charge is 0.226 e. The van der Waals surface area contributed by atoms with Crippen molar-refractivity contribution in [1.82, 2.24) is 9.97 Å². The Bertz CT molecular complexity index is 846. The zero-order valence-corrected chi connectivity index (χ0v) is 16.0. The summed E-state index contributed by atoms with van der Waals surface area (Å²) in [6.45, 7) is 3.57. The number of nitrogens with zero attached hydrogens (tertiary/aromatic N) is 3. The first-order valence-electron chi connectivity index (χ1n) is 9.03. The van der Waals surface area contributed by atoms with E-state index < -0.39 is 0 Å². The number of aryl methyl sites for hydroxylation is 1. The first kappa shape index (κ1) is 18.5. The van der Waals surface area contributed by atoms with Gasteiger partial charge in [-0.05, 0) is 31.2 Å². The number of hydrogen-bond acceptors (Lipinski definition) is 6. The van der Waals surface area contributed by atoms with Gasteiger partial charge in [-0.1, -0.05) is 35.9 Å². The highest BCUT2D eigenvalue weighted by Gasteiger charge is 2.07. The third kappa shape index (κ3) is 5.60.